The lowest BCUT2D eigenvalue weighted by atomic mass is 9.99. The maximum Gasteiger partial charge on any atom is 0.248 e. The molecule has 1 heterocycles. The van der Waals surface area contributed by atoms with E-state index in [4.69, 9.17) is 9.15 Å². The van der Waals surface area contributed by atoms with Gasteiger partial charge in [0, 0.05) is 38.8 Å². The van der Waals surface area contributed by atoms with Crippen molar-refractivity contribution in [2.45, 2.75) is 6.92 Å². The van der Waals surface area contributed by atoms with E-state index in [0.29, 0.717) is 5.75 Å². The third-order valence-corrected chi connectivity index (χ3v) is 5.34. The molecule has 150 valence electrons. The second-order valence-corrected chi connectivity index (χ2v) is 7.81. The topological polar surface area (TPSA) is 51.5 Å². The summed E-state index contributed by atoms with van der Waals surface area (Å²) in [5.41, 5.74) is 5.14. The van der Waals surface area contributed by atoms with Gasteiger partial charge in [0.25, 0.3) is 0 Å². The molecule has 1 aromatic heterocycles. The number of fused-ring (bicyclic) bond motifs is 1. The normalized spacial score (nSPS) is 11.5. The summed E-state index contributed by atoms with van der Waals surface area (Å²) in [7, 11) is 1.61. The highest BCUT2D eigenvalue weighted by molar-refractivity contribution is 9.10. The fraction of sp³-hybridized carbons (Fsp3) is 0.0800. The fourth-order valence-electron chi connectivity index (χ4n) is 3.39. The van der Waals surface area contributed by atoms with Gasteiger partial charge in [0.15, 0.2) is 0 Å². The van der Waals surface area contributed by atoms with Crippen LogP contribution in [-0.4, -0.2) is 13.0 Å². The van der Waals surface area contributed by atoms with Crippen LogP contribution >= 0.6 is 15.9 Å². The van der Waals surface area contributed by atoms with E-state index in [-0.39, 0.29) is 5.91 Å². The first-order valence-corrected chi connectivity index (χ1v) is 10.2. The third kappa shape index (κ3) is 4.16. The Hall–Kier alpha value is -3.31. The molecule has 4 aromatic rings. The molecule has 0 aliphatic heterocycles. The van der Waals surface area contributed by atoms with Crippen LogP contribution in [0.15, 0.2) is 88.0 Å². The fourth-order valence-corrected chi connectivity index (χ4v) is 3.79. The van der Waals surface area contributed by atoms with E-state index in [0.717, 1.165) is 43.4 Å². The van der Waals surface area contributed by atoms with Gasteiger partial charge in [-0.15, -0.1) is 0 Å². The van der Waals surface area contributed by atoms with Crippen LogP contribution in [0.1, 0.15) is 12.5 Å². The van der Waals surface area contributed by atoms with E-state index in [2.05, 4.69) is 21.2 Å². The van der Waals surface area contributed by atoms with Gasteiger partial charge in [-0.25, -0.2) is 0 Å². The van der Waals surface area contributed by atoms with Gasteiger partial charge in [-0.3, -0.25) is 4.79 Å². The maximum atomic E-state index is 12.5. The Morgan fingerprint density at radius 3 is 2.60 bits per heavy atom. The molecule has 4 rings (SSSR count). The predicted octanol–water partition coefficient (Wildman–Crippen LogP) is 6.91. The summed E-state index contributed by atoms with van der Waals surface area (Å²) in [5.74, 6) is 0.458. The highest BCUT2D eigenvalue weighted by Gasteiger charge is 2.15. The summed E-state index contributed by atoms with van der Waals surface area (Å²) in [6.45, 7) is 1.90. The number of benzene rings is 3. The summed E-state index contributed by atoms with van der Waals surface area (Å²) in [6.07, 6.45) is 3.33. The molecule has 0 radical (unpaired) electrons. The molecule has 0 fully saturated rings. The molecular formula is C25H20BrNO3. The third-order valence-electron chi connectivity index (χ3n) is 4.84. The number of hydrogen-bond donors (Lipinski definition) is 1. The molecule has 3 aromatic carbocycles. The molecule has 1 amide bonds. The molecule has 0 saturated carbocycles. The summed E-state index contributed by atoms with van der Waals surface area (Å²) < 4.78 is 12.4. The number of halogens is 1. The van der Waals surface area contributed by atoms with Crippen LogP contribution in [0.2, 0.25) is 0 Å². The number of furan rings is 1. The first-order chi connectivity index (χ1) is 14.5. The van der Waals surface area contributed by atoms with Crippen molar-refractivity contribution < 1.29 is 13.9 Å². The second-order valence-electron chi connectivity index (χ2n) is 6.89. The number of methoxy groups -OCH3 is 1. The van der Waals surface area contributed by atoms with Gasteiger partial charge in [0.2, 0.25) is 5.91 Å². The lowest BCUT2D eigenvalue weighted by Crippen LogP contribution is -2.08. The quantitative estimate of drug-likeness (QED) is 0.328. The Bertz CT molecular complexity index is 1240. The number of ether oxygens (including phenoxy) is 1. The Kier molecular flexibility index (Phi) is 5.72. The first kappa shape index (κ1) is 20.0. The molecule has 0 spiro atoms. The van der Waals surface area contributed by atoms with Crippen molar-refractivity contribution in [3.63, 3.8) is 0 Å². The van der Waals surface area contributed by atoms with Crippen LogP contribution in [0.5, 0.6) is 5.75 Å². The lowest BCUT2D eigenvalue weighted by Gasteiger charge is -2.10. The van der Waals surface area contributed by atoms with Crippen molar-refractivity contribution >= 4 is 44.1 Å². The van der Waals surface area contributed by atoms with E-state index in [1.165, 1.54) is 0 Å². The molecular weight excluding hydrogens is 442 g/mol. The molecule has 0 aliphatic carbocycles. The van der Waals surface area contributed by atoms with Gasteiger partial charge < -0.3 is 14.5 Å². The Labute approximate surface area is 183 Å². The van der Waals surface area contributed by atoms with Crippen molar-refractivity contribution in [2.24, 2.45) is 0 Å². The zero-order chi connectivity index (χ0) is 21.1. The monoisotopic (exact) mass is 461 g/mol. The summed E-state index contributed by atoms with van der Waals surface area (Å²) in [6, 6.07) is 21.3. The van der Waals surface area contributed by atoms with Crippen molar-refractivity contribution in [2.75, 3.05) is 12.4 Å². The number of para-hydroxylation sites is 1. The van der Waals surface area contributed by atoms with E-state index >= 15 is 0 Å². The number of carbonyl (C=O) groups is 1. The van der Waals surface area contributed by atoms with Gasteiger partial charge in [-0.05, 0) is 48.4 Å². The molecule has 4 nitrogen and oxygen atoms in total. The standard InChI is InChI=1S/C25H20BrNO3/c1-16(11-25(28)27-19-9-4-3-5-10-19)20-13-21-22(17-7-6-8-18(26)12-17)15-30-24(21)14-23(20)29-2/h3-15H,1-2H3,(H,27,28)/b16-11+. The molecule has 30 heavy (non-hydrogen) atoms. The first-order valence-electron chi connectivity index (χ1n) is 9.45. The number of allylic oxidation sites excluding steroid dienone is 1. The smallest absolute Gasteiger partial charge is 0.248 e. The minimum Gasteiger partial charge on any atom is -0.496 e. The van der Waals surface area contributed by atoms with Crippen molar-refractivity contribution in [1.29, 1.82) is 0 Å². The van der Waals surface area contributed by atoms with Gasteiger partial charge in [-0.1, -0.05) is 46.3 Å². The highest BCUT2D eigenvalue weighted by Crippen LogP contribution is 2.37. The van der Waals surface area contributed by atoms with Crippen LogP contribution in [0.25, 0.3) is 27.7 Å². The summed E-state index contributed by atoms with van der Waals surface area (Å²) >= 11 is 3.52. The van der Waals surface area contributed by atoms with Gasteiger partial charge in [0.1, 0.15) is 11.3 Å². The maximum absolute atomic E-state index is 12.5. The van der Waals surface area contributed by atoms with Gasteiger partial charge in [-0.2, -0.15) is 0 Å². The van der Waals surface area contributed by atoms with Crippen LogP contribution in [0.3, 0.4) is 0 Å². The van der Waals surface area contributed by atoms with E-state index in [9.17, 15) is 4.79 Å². The van der Waals surface area contributed by atoms with Gasteiger partial charge in [0.05, 0.1) is 13.4 Å². The number of carbonyl (C=O) groups excluding carboxylic acids is 1. The zero-order valence-electron chi connectivity index (χ0n) is 16.6. The highest BCUT2D eigenvalue weighted by atomic mass is 79.9. The SMILES string of the molecule is COc1cc2occ(-c3cccc(Br)c3)c2cc1/C(C)=C/C(=O)Nc1ccccc1. The average molecular weight is 462 g/mol. The Balaban J connectivity index is 1.73. The van der Waals surface area contributed by atoms with E-state index in [1.807, 2.05) is 73.7 Å². The zero-order valence-corrected chi connectivity index (χ0v) is 18.2. The summed E-state index contributed by atoms with van der Waals surface area (Å²) in [4.78, 5) is 12.5. The van der Waals surface area contributed by atoms with E-state index < -0.39 is 0 Å². The van der Waals surface area contributed by atoms with Crippen molar-refractivity contribution in [3.8, 4) is 16.9 Å². The molecule has 1 N–H and O–H groups in total. The summed E-state index contributed by atoms with van der Waals surface area (Å²) in [5, 5.41) is 3.83. The number of nitrogens with one attached hydrogen (secondary N) is 1. The second kappa shape index (κ2) is 8.59. The predicted molar refractivity (Wildman–Crippen MR) is 125 cm³/mol. The van der Waals surface area contributed by atoms with E-state index in [1.54, 1.807) is 19.4 Å². The van der Waals surface area contributed by atoms with Crippen LogP contribution in [0, 0.1) is 0 Å². The number of hydrogen-bond acceptors (Lipinski definition) is 3. The van der Waals surface area contributed by atoms with Crippen LogP contribution < -0.4 is 10.1 Å². The van der Waals surface area contributed by atoms with Crippen molar-refractivity contribution in [3.05, 3.63) is 89.1 Å². The Morgan fingerprint density at radius 2 is 1.87 bits per heavy atom. The number of rotatable bonds is 5. The molecule has 0 aliphatic rings. The largest absolute Gasteiger partial charge is 0.496 e. The minimum atomic E-state index is -0.194. The van der Waals surface area contributed by atoms with Crippen LogP contribution in [0.4, 0.5) is 5.69 Å². The Morgan fingerprint density at radius 1 is 1.07 bits per heavy atom. The number of amides is 1. The molecule has 0 unspecified atom stereocenters. The lowest BCUT2D eigenvalue weighted by molar-refractivity contribution is -0.111. The van der Waals surface area contributed by atoms with Crippen molar-refractivity contribution in [1.82, 2.24) is 0 Å². The minimum absolute atomic E-state index is 0.194. The molecule has 0 atom stereocenters. The molecule has 0 bridgehead atoms. The molecule has 5 heteroatoms. The number of anilines is 1. The average Bonchev–Trinajstić information content (AvgIpc) is 3.16. The van der Waals surface area contributed by atoms with Gasteiger partial charge >= 0.3 is 0 Å². The van der Waals surface area contributed by atoms with Crippen LogP contribution in [-0.2, 0) is 4.79 Å². The molecule has 0 saturated heterocycles.